The van der Waals surface area contributed by atoms with E-state index in [-0.39, 0.29) is 24.1 Å². The van der Waals surface area contributed by atoms with E-state index in [4.69, 9.17) is 14.4 Å². The maximum Gasteiger partial charge on any atom is 0.338 e. The standard InChI is InChI=1S/C17H10N4O5/c18-9-11-1-3-13(4-2-11)17(22)25-10-15-19-20-16(26-15)12-5-7-14(8-6-12)21(23)24/h1-8H,10H2. The third-order valence-corrected chi connectivity index (χ3v) is 3.37. The molecular formula is C17H10N4O5. The average Bonchev–Trinajstić information content (AvgIpc) is 3.15. The first kappa shape index (κ1) is 16.8. The number of esters is 1. The Morgan fingerprint density at radius 2 is 1.85 bits per heavy atom. The van der Waals surface area contributed by atoms with E-state index in [2.05, 4.69) is 10.2 Å². The van der Waals surface area contributed by atoms with Crippen LogP contribution in [0.1, 0.15) is 21.8 Å². The molecule has 1 aromatic heterocycles. The molecule has 1 heterocycles. The van der Waals surface area contributed by atoms with Gasteiger partial charge in [0, 0.05) is 17.7 Å². The van der Waals surface area contributed by atoms with Gasteiger partial charge in [-0.25, -0.2) is 4.79 Å². The summed E-state index contributed by atoms with van der Waals surface area (Å²) in [4.78, 5) is 22.1. The number of nitro benzene ring substituents is 1. The van der Waals surface area contributed by atoms with Gasteiger partial charge in [-0.3, -0.25) is 10.1 Å². The van der Waals surface area contributed by atoms with Gasteiger partial charge in [-0.05, 0) is 36.4 Å². The van der Waals surface area contributed by atoms with Crippen molar-refractivity contribution in [1.29, 1.82) is 5.26 Å². The first-order chi connectivity index (χ1) is 12.6. The van der Waals surface area contributed by atoms with Crippen LogP contribution in [0.2, 0.25) is 0 Å². The second-order valence-electron chi connectivity index (χ2n) is 5.07. The Morgan fingerprint density at radius 1 is 1.15 bits per heavy atom. The number of aromatic nitrogens is 2. The lowest BCUT2D eigenvalue weighted by Gasteiger charge is -2.01. The molecule has 0 atom stereocenters. The number of nitro groups is 1. The lowest BCUT2D eigenvalue weighted by Crippen LogP contribution is -2.05. The van der Waals surface area contributed by atoms with Gasteiger partial charge in [-0.2, -0.15) is 5.26 Å². The second kappa shape index (κ2) is 7.23. The van der Waals surface area contributed by atoms with Crippen molar-refractivity contribution in [3.8, 4) is 17.5 Å². The first-order valence-electron chi connectivity index (χ1n) is 7.31. The number of nitrogens with zero attached hydrogens (tertiary/aromatic N) is 4. The summed E-state index contributed by atoms with van der Waals surface area (Å²) in [7, 11) is 0. The van der Waals surface area contributed by atoms with E-state index in [1.54, 1.807) is 0 Å². The topological polar surface area (TPSA) is 132 Å². The summed E-state index contributed by atoms with van der Waals surface area (Å²) < 4.78 is 10.5. The number of carbonyl (C=O) groups excluding carboxylic acids is 1. The fourth-order valence-corrected chi connectivity index (χ4v) is 2.05. The number of hydrogen-bond donors (Lipinski definition) is 0. The van der Waals surface area contributed by atoms with Crippen LogP contribution in [0, 0.1) is 21.4 Å². The number of rotatable bonds is 5. The predicted molar refractivity (Wildman–Crippen MR) is 86.7 cm³/mol. The fraction of sp³-hybridized carbons (Fsp3) is 0.0588. The van der Waals surface area contributed by atoms with Crippen LogP contribution >= 0.6 is 0 Å². The maximum absolute atomic E-state index is 11.9. The minimum absolute atomic E-state index is 0.0511. The quantitative estimate of drug-likeness (QED) is 0.390. The van der Waals surface area contributed by atoms with Crippen molar-refractivity contribution in [2.45, 2.75) is 6.61 Å². The number of ether oxygens (including phenoxy) is 1. The molecule has 0 aliphatic rings. The van der Waals surface area contributed by atoms with Crippen molar-refractivity contribution >= 4 is 11.7 Å². The van der Waals surface area contributed by atoms with Gasteiger partial charge in [0.1, 0.15) is 0 Å². The Kier molecular flexibility index (Phi) is 4.67. The molecule has 0 saturated heterocycles. The van der Waals surface area contributed by atoms with E-state index >= 15 is 0 Å². The van der Waals surface area contributed by atoms with E-state index in [1.807, 2.05) is 6.07 Å². The summed E-state index contributed by atoms with van der Waals surface area (Å²) in [6.07, 6.45) is 0. The van der Waals surface area contributed by atoms with Gasteiger partial charge in [-0.15, -0.1) is 10.2 Å². The monoisotopic (exact) mass is 350 g/mol. The Hall–Kier alpha value is -4.06. The lowest BCUT2D eigenvalue weighted by atomic mass is 10.1. The zero-order valence-electron chi connectivity index (χ0n) is 13.2. The number of hydrogen-bond acceptors (Lipinski definition) is 8. The van der Waals surface area contributed by atoms with Crippen molar-refractivity contribution in [3.63, 3.8) is 0 Å². The van der Waals surface area contributed by atoms with Crippen molar-refractivity contribution in [3.05, 3.63) is 75.7 Å². The van der Waals surface area contributed by atoms with Crippen molar-refractivity contribution < 1.29 is 18.9 Å². The van der Waals surface area contributed by atoms with Crippen LogP contribution in [0.15, 0.2) is 52.9 Å². The summed E-state index contributed by atoms with van der Waals surface area (Å²) in [5.41, 5.74) is 1.18. The van der Waals surface area contributed by atoms with E-state index in [0.717, 1.165) is 0 Å². The second-order valence-corrected chi connectivity index (χ2v) is 5.07. The molecule has 0 amide bonds. The molecule has 0 aliphatic carbocycles. The van der Waals surface area contributed by atoms with Gasteiger partial charge in [0.05, 0.1) is 22.1 Å². The molecule has 0 N–H and O–H groups in total. The van der Waals surface area contributed by atoms with Crippen LogP contribution < -0.4 is 0 Å². The Balaban J connectivity index is 1.63. The lowest BCUT2D eigenvalue weighted by molar-refractivity contribution is -0.384. The van der Waals surface area contributed by atoms with Crippen LogP contribution in [0.4, 0.5) is 5.69 Å². The molecule has 0 aliphatic heterocycles. The number of carbonyl (C=O) groups is 1. The highest BCUT2D eigenvalue weighted by molar-refractivity contribution is 5.89. The van der Waals surface area contributed by atoms with Crippen molar-refractivity contribution in [2.24, 2.45) is 0 Å². The van der Waals surface area contributed by atoms with Gasteiger partial charge in [0.2, 0.25) is 5.89 Å². The summed E-state index contributed by atoms with van der Waals surface area (Å²) >= 11 is 0. The van der Waals surface area contributed by atoms with Gasteiger partial charge in [0.15, 0.2) is 6.61 Å². The van der Waals surface area contributed by atoms with Crippen LogP contribution in [0.5, 0.6) is 0 Å². The molecule has 9 heteroatoms. The van der Waals surface area contributed by atoms with Gasteiger partial charge in [0.25, 0.3) is 11.6 Å². The van der Waals surface area contributed by atoms with Crippen molar-refractivity contribution in [2.75, 3.05) is 0 Å². The SMILES string of the molecule is N#Cc1ccc(C(=O)OCc2nnc(-c3ccc([N+](=O)[O-])cc3)o2)cc1. The molecule has 9 nitrogen and oxygen atoms in total. The summed E-state index contributed by atoms with van der Waals surface area (Å²) in [5, 5.41) is 27.0. The minimum atomic E-state index is -0.593. The zero-order valence-corrected chi connectivity index (χ0v) is 13.2. The molecule has 0 spiro atoms. The Labute approximate surface area is 146 Å². The summed E-state index contributed by atoms with van der Waals surface area (Å²) in [6, 6.07) is 13.6. The Morgan fingerprint density at radius 3 is 2.46 bits per heavy atom. The van der Waals surface area contributed by atoms with E-state index in [0.29, 0.717) is 16.7 Å². The maximum atomic E-state index is 11.9. The molecule has 26 heavy (non-hydrogen) atoms. The average molecular weight is 350 g/mol. The van der Waals surface area contributed by atoms with E-state index < -0.39 is 10.9 Å². The van der Waals surface area contributed by atoms with E-state index in [9.17, 15) is 14.9 Å². The van der Waals surface area contributed by atoms with Crippen LogP contribution in [0.25, 0.3) is 11.5 Å². The van der Waals surface area contributed by atoms with Crippen LogP contribution in [-0.4, -0.2) is 21.1 Å². The third-order valence-electron chi connectivity index (χ3n) is 3.37. The highest BCUT2D eigenvalue weighted by Crippen LogP contribution is 2.21. The van der Waals surface area contributed by atoms with Gasteiger partial charge >= 0.3 is 5.97 Å². The largest absolute Gasteiger partial charge is 0.452 e. The van der Waals surface area contributed by atoms with Crippen molar-refractivity contribution in [1.82, 2.24) is 10.2 Å². The normalized spacial score (nSPS) is 10.1. The molecule has 0 bridgehead atoms. The van der Waals surface area contributed by atoms with Gasteiger partial charge < -0.3 is 9.15 Å². The molecule has 3 rings (SSSR count). The molecule has 0 saturated carbocycles. The van der Waals surface area contributed by atoms with E-state index in [1.165, 1.54) is 48.5 Å². The molecule has 0 radical (unpaired) electrons. The van der Waals surface area contributed by atoms with Crippen LogP contribution in [-0.2, 0) is 11.3 Å². The Bertz CT molecular complexity index is 987. The predicted octanol–water partition coefficient (Wildman–Crippen LogP) is 2.87. The molecule has 128 valence electrons. The molecule has 3 aromatic rings. The van der Waals surface area contributed by atoms with Crippen LogP contribution in [0.3, 0.4) is 0 Å². The summed E-state index contributed by atoms with van der Waals surface area (Å²) in [6.45, 7) is -0.223. The smallest absolute Gasteiger partial charge is 0.338 e. The first-order valence-corrected chi connectivity index (χ1v) is 7.31. The third kappa shape index (κ3) is 3.70. The minimum Gasteiger partial charge on any atom is -0.452 e. The highest BCUT2D eigenvalue weighted by atomic mass is 16.6. The fourth-order valence-electron chi connectivity index (χ4n) is 2.05. The highest BCUT2D eigenvalue weighted by Gasteiger charge is 2.13. The number of nitriles is 1. The number of benzene rings is 2. The molecule has 2 aromatic carbocycles. The van der Waals surface area contributed by atoms with Gasteiger partial charge in [-0.1, -0.05) is 0 Å². The molecular weight excluding hydrogens is 340 g/mol. The molecule has 0 unspecified atom stereocenters. The summed E-state index contributed by atoms with van der Waals surface area (Å²) in [5.74, 6) is -0.353. The molecule has 0 fully saturated rings. The number of non-ortho nitro benzene ring substituents is 1. The zero-order chi connectivity index (χ0) is 18.5.